The molecule has 0 saturated carbocycles. The number of rotatable bonds is 5. The molecule has 2 aromatic carbocycles. The fraction of sp³-hybridized carbons (Fsp3) is 0.208. The van der Waals surface area contributed by atoms with Gasteiger partial charge in [0.15, 0.2) is 10.6 Å². The quantitative estimate of drug-likeness (QED) is 0.439. The normalized spacial score (nSPS) is 15.5. The van der Waals surface area contributed by atoms with Gasteiger partial charge in [-0.3, -0.25) is 14.5 Å². The van der Waals surface area contributed by atoms with Crippen LogP contribution in [0.1, 0.15) is 46.6 Å². The van der Waals surface area contributed by atoms with E-state index in [0.717, 1.165) is 17.5 Å². The van der Waals surface area contributed by atoms with Crippen molar-refractivity contribution in [2.24, 2.45) is 0 Å². The van der Waals surface area contributed by atoms with Crippen molar-refractivity contribution in [3.63, 3.8) is 0 Å². The van der Waals surface area contributed by atoms with Gasteiger partial charge in [0.25, 0.3) is 5.91 Å². The number of anilines is 1. The third kappa shape index (κ3) is 3.21. The zero-order chi connectivity index (χ0) is 21.5. The van der Waals surface area contributed by atoms with Gasteiger partial charge in [0.1, 0.15) is 11.3 Å². The summed E-state index contributed by atoms with van der Waals surface area (Å²) in [4.78, 5) is 32.9. The van der Waals surface area contributed by atoms with E-state index in [4.69, 9.17) is 9.15 Å². The van der Waals surface area contributed by atoms with Crippen molar-refractivity contribution in [3.05, 3.63) is 86.7 Å². The second-order valence-electron chi connectivity index (χ2n) is 7.49. The molecule has 0 saturated heterocycles. The molecule has 2 aromatic heterocycles. The molecule has 0 spiro atoms. The summed E-state index contributed by atoms with van der Waals surface area (Å²) in [6, 6.07) is 12.3. The molecule has 3 heterocycles. The number of aromatic nitrogens is 1. The van der Waals surface area contributed by atoms with Crippen molar-refractivity contribution in [1.29, 1.82) is 0 Å². The van der Waals surface area contributed by atoms with Gasteiger partial charge in [-0.1, -0.05) is 30.7 Å². The Kier molecular flexibility index (Phi) is 4.82. The summed E-state index contributed by atoms with van der Waals surface area (Å²) in [7, 11) is 0. The van der Waals surface area contributed by atoms with Crippen LogP contribution in [-0.2, 0) is 0 Å². The zero-order valence-corrected chi connectivity index (χ0v) is 17.9. The van der Waals surface area contributed by atoms with Gasteiger partial charge in [-0.05, 0) is 43.2 Å². The number of hydrogen-bond acceptors (Lipinski definition) is 6. The summed E-state index contributed by atoms with van der Waals surface area (Å²) in [5.41, 5.74) is 2.27. The summed E-state index contributed by atoms with van der Waals surface area (Å²) in [5, 5.41) is 2.79. The molecule has 1 amide bonds. The molecule has 156 valence electrons. The number of fused-ring (bicyclic) bond motifs is 2. The van der Waals surface area contributed by atoms with Gasteiger partial charge in [-0.15, -0.1) is 11.3 Å². The van der Waals surface area contributed by atoms with Crippen LogP contribution in [0.5, 0.6) is 5.75 Å². The number of carbonyl (C=O) groups is 1. The number of ether oxygens (including phenoxy) is 1. The SMILES string of the molecule is CCCOc1cccc([C@@H]2c3c(oc4ccc(C)cc4c3=O)C(=O)N2c2nccs2)c1. The van der Waals surface area contributed by atoms with Crippen molar-refractivity contribution in [2.75, 3.05) is 11.5 Å². The van der Waals surface area contributed by atoms with E-state index in [0.29, 0.717) is 34.0 Å². The lowest BCUT2D eigenvalue weighted by molar-refractivity contribution is 0.0971. The van der Waals surface area contributed by atoms with Crippen molar-refractivity contribution < 1.29 is 13.9 Å². The van der Waals surface area contributed by atoms with Crippen molar-refractivity contribution in [3.8, 4) is 5.75 Å². The first-order valence-electron chi connectivity index (χ1n) is 10.1. The lowest BCUT2D eigenvalue weighted by Crippen LogP contribution is -2.29. The molecule has 1 aliphatic heterocycles. The van der Waals surface area contributed by atoms with Crippen LogP contribution < -0.4 is 15.1 Å². The summed E-state index contributed by atoms with van der Waals surface area (Å²) in [5.74, 6) is 0.399. The minimum absolute atomic E-state index is 0.0708. The first-order valence-corrected chi connectivity index (χ1v) is 11.0. The van der Waals surface area contributed by atoms with Gasteiger partial charge in [0.2, 0.25) is 5.76 Å². The standard InChI is InChI=1S/C24H20N2O4S/c1-3-10-29-16-6-4-5-15(13-16)20-19-21(27)17-12-14(2)7-8-18(17)30-22(19)23(28)26(20)24-25-9-11-31-24/h4-9,11-13,20H,3,10H2,1-2H3/t20-/m1/s1. The molecule has 1 aliphatic rings. The van der Waals surface area contributed by atoms with Gasteiger partial charge >= 0.3 is 0 Å². The maximum absolute atomic E-state index is 13.6. The smallest absolute Gasteiger partial charge is 0.297 e. The molecule has 0 unspecified atom stereocenters. The molecule has 7 heteroatoms. The van der Waals surface area contributed by atoms with Crippen molar-refractivity contribution >= 4 is 33.3 Å². The summed E-state index contributed by atoms with van der Waals surface area (Å²) >= 11 is 1.34. The molecule has 0 aliphatic carbocycles. The molecular weight excluding hydrogens is 412 g/mol. The molecule has 0 N–H and O–H groups in total. The number of hydrogen-bond donors (Lipinski definition) is 0. The number of amides is 1. The molecule has 0 fully saturated rings. The van der Waals surface area contributed by atoms with Crippen molar-refractivity contribution in [2.45, 2.75) is 26.3 Å². The van der Waals surface area contributed by atoms with E-state index in [2.05, 4.69) is 4.98 Å². The molecule has 5 rings (SSSR count). The van der Waals surface area contributed by atoms with Gasteiger partial charge in [0, 0.05) is 11.6 Å². The number of nitrogens with zero attached hydrogens (tertiary/aromatic N) is 2. The Morgan fingerprint density at radius 2 is 2.06 bits per heavy atom. The third-order valence-corrected chi connectivity index (χ3v) is 6.07. The predicted molar refractivity (Wildman–Crippen MR) is 120 cm³/mol. The fourth-order valence-electron chi connectivity index (χ4n) is 3.93. The molecule has 1 atom stereocenters. The highest BCUT2D eigenvalue weighted by Crippen LogP contribution is 2.42. The van der Waals surface area contributed by atoms with Crippen LogP contribution in [-0.4, -0.2) is 17.5 Å². The van der Waals surface area contributed by atoms with Crippen LogP contribution >= 0.6 is 11.3 Å². The Bertz CT molecular complexity index is 1340. The number of aryl methyl sites for hydroxylation is 1. The highest BCUT2D eigenvalue weighted by Gasteiger charge is 2.44. The number of thiazole rings is 1. The van der Waals surface area contributed by atoms with Crippen LogP contribution in [0.4, 0.5) is 5.13 Å². The second-order valence-corrected chi connectivity index (χ2v) is 8.36. The van der Waals surface area contributed by atoms with Crippen LogP contribution in [0.15, 0.2) is 63.3 Å². The second kappa shape index (κ2) is 7.67. The largest absolute Gasteiger partial charge is 0.494 e. The van der Waals surface area contributed by atoms with E-state index < -0.39 is 6.04 Å². The molecule has 0 bridgehead atoms. The number of benzene rings is 2. The van der Waals surface area contributed by atoms with Gasteiger partial charge in [0.05, 0.1) is 23.6 Å². The van der Waals surface area contributed by atoms with Crippen molar-refractivity contribution in [1.82, 2.24) is 4.98 Å². The zero-order valence-electron chi connectivity index (χ0n) is 17.1. The highest BCUT2D eigenvalue weighted by molar-refractivity contribution is 7.13. The minimum atomic E-state index is -0.639. The first kappa shape index (κ1) is 19.5. The fourth-order valence-corrected chi connectivity index (χ4v) is 4.60. The Balaban J connectivity index is 1.75. The molecule has 4 aromatic rings. The first-order chi connectivity index (χ1) is 15.1. The Labute approximate surface area is 182 Å². The van der Waals surface area contributed by atoms with Gasteiger partial charge < -0.3 is 9.15 Å². The Morgan fingerprint density at radius 3 is 2.84 bits per heavy atom. The molecular formula is C24H20N2O4S. The van der Waals surface area contributed by atoms with Crippen LogP contribution in [0, 0.1) is 6.92 Å². The van der Waals surface area contributed by atoms with Crippen LogP contribution in [0.25, 0.3) is 11.0 Å². The monoisotopic (exact) mass is 432 g/mol. The average molecular weight is 433 g/mol. The highest BCUT2D eigenvalue weighted by atomic mass is 32.1. The maximum atomic E-state index is 13.6. The lowest BCUT2D eigenvalue weighted by Gasteiger charge is -2.23. The number of carbonyl (C=O) groups excluding carboxylic acids is 1. The predicted octanol–water partition coefficient (Wildman–Crippen LogP) is 5.10. The van der Waals surface area contributed by atoms with E-state index in [9.17, 15) is 9.59 Å². The maximum Gasteiger partial charge on any atom is 0.297 e. The summed E-state index contributed by atoms with van der Waals surface area (Å²) in [6.07, 6.45) is 2.53. The molecule has 0 radical (unpaired) electrons. The average Bonchev–Trinajstić information content (AvgIpc) is 3.40. The van der Waals surface area contributed by atoms with Crippen LogP contribution in [0.3, 0.4) is 0 Å². The van der Waals surface area contributed by atoms with Crippen LogP contribution in [0.2, 0.25) is 0 Å². The van der Waals surface area contributed by atoms with Gasteiger partial charge in [-0.2, -0.15) is 0 Å². The topological polar surface area (TPSA) is 72.6 Å². The molecule has 6 nitrogen and oxygen atoms in total. The van der Waals surface area contributed by atoms with E-state index in [-0.39, 0.29) is 17.1 Å². The Hall–Kier alpha value is -3.45. The summed E-state index contributed by atoms with van der Waals surface area (Å²) < 4.78 is 11.8. The van der Waals surface area contributed by atoms with E-state index in [1.54, 1.807) is 28.6 Å². The summed E-state index contributed by atoms with van der Waals surface area (Å²) in [6.45, 7) is 4.55. The third-order valence-electron chi connectivity index (χ3n) is 5.30. The van der Waals surface area contributed by atoms with Gasteiger partial charge in [-0.25, -0.2) is 4.98 Å². The Morgan fingerprint density at radius 1 is 1.19 bits per heavy atom. The molecule has 31 heavy (non-hydrogen) atoms. The van der Waals surface area contributed by atoms with E-state index in [1.807, 2.05) is 44.2 Å². The lowest BCUT2D eigenvalue weighted by atomic mass is 9.98. The minimum Gasteiger partial charge on any atom is -0.494 e. The van der Waals surface area contributed by atoms with E-state index in [1.165, 1.54) is 11.3 Å². The van der Waals surface area contributed by atoms with E-state index >= 15 is 0 Å².